The highest BCUT2D eigenvalue weighted by atomic mass is 35.5. The molecule has 0 saturated heterocycles. The number of hydrogen-bond donors (Lipinski definition) is 1. The monoisotopic (exact) mass is 266 g/mol. The Morgan fingerprint density at radius 1 is 1.50 bits per heavy atom. The van der Waals surface area contributed by atoms with E-state index < -0.39 is 5.97 Å². The van der Waals surface area contributed by atoms with E-state index in [1.54, 1.807) is 19.2 Å². The van der Waals surface area contributed by atoms with Gasteiger partial charge in [0.05, 0.1) is 19.7 Å². The van der Waals surface area contributed by atoms with Crippen LogP contribution in [0.3, 0.4) is 0 Å². The van der Waals surface area contributed by atoms with E-state index >= 15 is 0 Å². The highest BCUT2D eigenvalue weighted by Gasteiger charge is 2.15. The lowest BCUT2D eigenvalue weighted by Gasteiger charge is -2.08. The molecule has 0 atom stereocenters. The Morgan fingerprint density at radius 3 is 2.89 bits per heavy atom. The molecule has 0 amide bonds. The average Bonchev–Trinajstić information content (AvgIpc) is 2.70. The molecule has 0 aliphatic carbocycles. The number of halogens is 1. The molecule has 0 saturated carbocycles. The number of rotatable bonds is 4. The second-order valence-electron chi connectivity index (χ2n) is 3.61. The fraction of sp³-hybridized carbons (Fsp3) is 0.167. The summed E-state index contributed by atoms with van der Waals surface area (Å²) < 4.78 is 6.67. The van der Waals surface area contributed by atoms with Crippen molar-refractivity contribution in [1.82, 2.24) is 9.78 Å². The number of carboxylic acid groups (broad SMARTS) is 1. The Labute approximate surface area is 109 Å². The van der Waals surface area contributed by atoms with Gasteiger partial charge in [0.1, 0.15) is 16.6 Å². The Hall–Kier alpha value is -2.01. The van der Waals surface area contributed by atoms with E-state index in [-0.39, 0.29) is 11.6 Å². The van der Waals surface area contributed by atoms with E-state index in [2.05, 4.69) is 5.10 Å². The fourth-order valence-corrected chi connectivity index (χ4v) is 1.87. The first-order valence-corrected chi connectivity index (χ1v) is 5.59. The van der Waals surface area contributed by atoms with Gasteiger partial charge in [-0.25, -0.2) is 4.68 Å². The first-order valence-electron chi connectivity index (χ1n) is 5.21. The first-order chi connectivity index (χ1) is 8.63. The van der Waals surface area contributed by atoms with Gasteiger partial charge in [0.15, 0.2) is 0 Å². The van der Waals surface area contributed by atoms with Gasteiger partial charge in [0, 0.05) is 5.56 Å². The van der Waals surface area contributed by atoms with Gasteiger partial charge in [-0.05, 0) is 12.1 Å². The van der Waals surface area contributed by atoms with Crippen LogP contribution in [0.1, 0.15) is 5.56 Å². The lowest BCUT2D eigenvalue weighted by molar-refractivity contribution is -0.136. The maximum atomic E-state index is 10.7. The second kappa shape index (κ2) is 5.10. The molecule has 1 N–H and O–H groups in total. The molecule has 1 aromatic carbocycles. The molecule has 0 bridgehead atoms. The largest absolute Gasteiger partial charge is 0.494 e. The molecule has 0 unspecified atom stereocenters. The molecule has 0 radical (unpaired) electrons. The van der Waals surface area contributed by atoms with Crippen LogP contribution in [0.5, 0.6) is 5.75 Å². The van der Waals surface area contributed by atoms with Gasteiger partial charge in [-0.15, -0.1) is 0 Å². The summed E-state index contributed by atoms with van der Waals surface area (Å²) in [7, 11) is 1.55. The molecule has 1 heterocycles. The molecular formula is C12H11ClN2O3. The van der Waals surface area contributed by atoms with Gasteiger partial charge in [-0.2, -0.15) is 5.10 Å². The predicted octanol–water partition coefficient (Wildman–Crippen LogP) is 2.16. The quantitative estimate of drug-likeness (QED) is 0.921. The maximum absolute atomic E-state index is 10.7. The molecule has 1 aromatic heterocycles. The van der Waals surface area contributed by atoms with Crippen LogP contribution >= 0.6 is 11.6 Å². The molecule has 0 spiro atoms. The summed E-state index contributed by atoms with van der Waals surface area (Å²) in [5.41, 5.74) is 1.14. The summed E-state index contributed by atoms with van der Waals surface area (Å²) in [6.07, 6.45) is 1.29. The number of aromatic nitrogens is 2. The standard InChI is InChI=1S/C12H11ClN2O3/c1-18-10-5-3-2-4-9(10)15-12(13)8(7-14-15)6-11(16)17/h2-5,7H,6H2,1H3,(H,16,17). The summed E-state index contributed by atoms with van der Waals surface area (Å²) in [5.74, 6) is -0.333. The third kappa shape index (κ3) is 2.31. The van der Waals surface area contributed by atoms with Gasteiger partial charge in [0.25, 0.3) is 0 Å². The highest BCUT2D eigenvalue weighted by molar-refractivity contribution is 6.30. The third-order valence-electron chi connectivity index (χ3n) is 2.44. The summed E-state index contributed by atoms with van der Waals surface area (Å²) >= 11 is 6.11. The van der Waals surface area contributed by atoms with Crippen molar-refractivity contribution < 1.29 is 14.6 Å². The van der Waals surface area contributed by atoms with Gasteiger partial charge >= 0.3 is 5.97 Å². The minimum atomic E-state index is -0.948. The lowest BCUT2D eigenvalue weighted by Crippen LogP contribution is -2.02. The Bertz CT molecular complexity index is 580. The number of methoxy groups -OCH3 is 1. The summed E-state index contributed by atoms with van der Waals surface area (Å²) in [6, 6.07) is 7.23. The van der Waals surface area contributed by atoms with Crippen molar-refractivity contribution in [1.29, 1.82) is 0 Å². The van der Waals surface area contributed by atoms with E-state index in [4.69, 9.17) is 21.4 Å². The highest BCUT2D eigenvalue weighted by Crippen LogP contribution is 2.27. The van der Waals surface area contributed by atoms with Crippen molar-refractivity contribution in [3.05, 3.63) is 41.2 Å². The van der Waals surface area contributed by atoms with Crippen LogP contribution in [-0.4, -0.2) is 28.0 Å². The van der Waals surface area contributed by atoms with Crippen LogP contribution < -0.4 is 4.74 Å². The maximum Gasteiger partial charge on any atom is 0.307 e. The summed E-state index contributed by atoms with van der Waals surface area (Å²) in [6.45, 7) is 0. The minimum Gasteiger partial charge on any atom is -0.494 e. The zero-order valence-corrected chi connectivity index (χ0v) is 10.4. The summed E-state index contributed by atoms with van der Waals surface area (Å²) in [5, 5.41) is 13.1. The first kappa shape index (κ1) is 12.4. The van der Waals surface area contributed by atoms with Gasteiger partial charge in [-0.1, -0.05) is 23.7 Å². The zero-order chi connectivity index (χ0) is 13.1. The smallest absolute Gasteiger partial charge is 0.307 e. The van der Waals surface area contributed by atoms with Crippen LogP contribution in [0, 0.1) is 0 Å². The van der Waals surface area contributed by atoms with Crippen LogP contribution in [-0.2, 0) is 11.2 Å². The number of nitrogens with zero attached hydrogens (tertiary/aromatic N) is 2. The van der Waals surface area contributed by atoms with Crippen LogP contribution in [0.25, 0.3) is 5.69 Å². The normalized spacial score (nSPS) is 10.3. The van der Waals surface area contributed by atoms with Crippen molar-refractivity contribution in [2.75, 3.05) is 7.11 Å². The van der Waals surface area contributed by atoms with Gasteiger partial charge in [-0.3, -0.25) is 4.79 Å². The van der Waals surface area contributed by atoms with Crippen LogP contribution in [0.4, 0.5) is 0 Å². The molecule has 0 aliphatic rings. The van der Waals surface area contributed by atoms with E-state index in [1.807, 2.05) is 12.1 Å². The van der Waals surface area contributed by atoms with Gasteiger partial charge < -0.3 is 9.84 Å². The van der Waals surface area contributed by atoms with E-state index in [0.29, 0.717) is 17.0 Å². The van der Waals surface area contributed by atoms with Crippen molar-refractivity contribution in [3.8, 4) is 11.4 Å². The molecule has 0 aliphatic heterocycles. The SMILES string of the molecule is COc1ccccc1-n1ncc(CC(=O)O)c1Cl. The number of carbonyl (C=O) groups is 1. The molecule has 2 aromatic rings. The molecular weight excluding hydrogens is 256 g/mol. The molecule has 5 nitrogen and oxygen atoms in total. The topological polar surface area (TPSA) is 64.4 Å². The van der Waals surface area contributed by atoms with Gasteiger partial charge in [0.2, 0.25) is 0 Å². The number of ether oxygens (including phenoxy) is 1. The van der Waals surface area contributed by atoms with Crippen molar-refractivity contribution in [2.24, 2.45) is 0 Å². The summed E-state index contributed by atoms with van der Waals surface area (Å²) in [4.78, 5) is 10.7. The predicted molar refractivity (Wildman–Crippen MR) is 66.5 cm³/mol. The molecule has 0 fully saturated rings. The van der Waals surface area contributed by atoms with Crippen molar-refractivity contribution >= 4 is 17.6 Å². The van der Waals surface area contributed by atoms with E-state index in [1.165, 1.54) is 10.9 Å². The van der Waals surface area contributed by atoms with Crippen LogP contribution in [0.15, 0.2) is 30.5 Å². The number of carboxylic acids is 1. The minimum absolute atomic E-state index is 0.159. The zero-order valence-electron chi connectivity index (χ0n) is 9.63. The molecule has 2 rings (SSSR count). The molecule has 6 heteroatoms. The van der Waals surface area contributed by atoms with E-state index in [0.717, 1.165) is 0 Å². The van der Waals surface area contributed by atoms with E-state index in [9.17, 15) is 4.79 Å². The molecule has 18 heavy (non-hydrogen) atoms. The Kier molecular flexibility index (Phi) is 3.53. The lowest BCUT2D eigenvalue weighted by atomic mass is 10.2. The van der Waals surface area contributed by atoms with Crippen molar-refractivity contribution in [2.45, 2.75) is 6.42 Å². The number of para-hydroxylation sites is 2. The Balaban J connectivity index is 2.45. The Morgan fingerprint density at radius 2 is 2.22 bits per heavy atom. The third-order valence-corrected chi connectivity index (χ3v) is 2.84. The number of hydrogen-bond acceptors (Lipinski definition) is 3. The fourth-order valence-electron chi connectivity index (χ4n) is 1.62. The number of aliphatic carboxylic acids is 1. The van der Waals surface area contributed by atoms with Crippen molar-refractivity contribution in [3.63, 3.8) is 0 Å². The van der Waals surface area contributed by atoms with Crippen LogP contribution in [0.2, 0.25) is 5.15 Å². The average molecular weight is 267 g/mol. The molecule has 94 valence electrons. The number of benzene rings is 1. The second-order valence-corrected chi connectivity index (χ2v) is 3.97.